The Hall–Kier alpha value is -4.02. The van der Waals surface area contributed by atoms with Crippen LogP contribution in [0, 0.1) is 0 Å². The van der Waals surface area contributed by atoms with Crippen molar-refractivity contribution in [3.8, 4) is 5.69 Å². The Kier molecular flexibility index (Phi) is 6.94. The van der Waals surface area contributed by atoms with Gasteiger partial charge in [-0.1, -0.05) is 18.2 Å². The summed E-state index contributed by atoms with van der Waals surface area (Å²) in [5.41, 5.74) is -0.341. The molecule has 1 fully saturated rings. The number of hydrogen-bond donors (Lipinski definition) is 2. The molecule has 0 spiro atoms. The van der Waals surface area contributed by atoms with Crippen LogP contribution in [0.15, 0.2) is 60.8 Å². The zero-order valence-electron chi connectivity index (χ0n) is 18.9. The molecule has 1 aliphatic heterocycles. The monoisotopic (exact) mass is 487 g/mol. The second-order valence-corrected chi connectivity index (χ2v) is 7.98. The van der Waals surface area contributed by atoms with Crippen molar-refractivity contribution in [1.29, 1.82) is 0 Å². The van der Waals surface area contributed by atoms with Crippen LogP contribution in [0.5, 0.6) is 0 Å². The van der Waals surface area contributed by atoms with Gasteiger partial charge in [0.05, 0.1) is 17.9 Å². The number of alkyl halides is 3. The van der Waals surface area contributed by atoms with E-state index < -0.39 is 23.3 Å². The van der Waals surface area contributed by atoms with Gasteiger partial charge in [0.25, 0.3) is 5.91 Å². The highest BCUT2D eigenvalue weighted by Gasteiger charge is 2.39. The van der Waals surface area contributed by atoms with E-state index in [4.69, 9.17) is 4.74 Å². The molecule has 2 heterocycles. The number of para-hydroxylation sites is 1. The van der Waals surface area contributed by atoms with Gasteiger partial charge >= 0.3 is 12.3 Å². The van der Waals surface area contributed by atoms with Gasteiger partial charge in [0.1, 0.15) is 0 Å². The average molecular weight is 487 g/mol. The lowest BCUT2D eigenvalue weighted by Crippen LogP contribution is -2.32. The van der Waals surface area contributed by atoms with Crippen LogP contribution in [0.4, 0.5) is 29.3 Å². The van der Waals surface area contributed by atoms with Gasteiger partial charge in [-0.05, 0) is 49.7 Å². The molecule has 11 heteroatoms. The fourth-order valence-electron chi connectivity index (χ4n) is 3.81. The molecule has 3 aromatic rings. The van der Waals surface area contributed by atoms with E-state index in [0.717, 1.165) is 23.0 Å². The Morgan fingerprint density at radius 3 is 2.43 bits per heavy atom. The minimum absolute atomic E-state index is 0.0398. The van der Waals surface area contributed by atoms with Gasteiger partial charge in [-0.15, -0.1) is 0 Å². The minimum atomic E-state index is -4.79. The van der Waals surface area contributed by atoms with Crippen molar-refractivity contribution in [2.24, 2.45) is 0 Å². The molecule has 2 amide bonds. The summed E-state index contributed by atoms with van der Waals surface area (Å²) < 4.78 is 46.7. The molecule has 0 aliphatic carbocycles. The van der Waals surface area contributed by atoms with Crippen molar-refractivity contribution >= 4 is 23.4 Å². The topological polar surface area (TPSA) is 88.5 Å². The van der Waals surface area contributed by atoms with Crippen molar-refractivity contribution in [2.75, 3.05) is 30.3 Å². The maximum atomic E-state index is 13.5. The first kappa shape index (κ1) is 24.1. The number of nitrogens with zero attached hydrogens (tertiary/aromatic N) is 3. The maximum Gasteiger partial charge on any atom is 0.435 e. The van der Waals surface area contributed by atoms with E-state index in [-0.39, 0.29) is 12.1 Å². The van der Waals surface area contributed by atoms with E-state index in [2.05, 4.69) is 15.7 Å². The van der Waals surface area contributed by atoms with Crippen molar-refractivity contribution in [3.63, 3.8) is 0 Å². The normalized spacial score (nSPS) is 15.7. The third kappa shape index (κ3) is 5.73. The molecule has 1 unspecified atom stereocenters. The third-order valence-electron chi connectivity index (χ3n) is 5.48. The molecule has 2 aromatic carbocycles. The maximum absolute atomic E-state index is 13.5. The summed E-state index contributed by atoms with van der Waals surface area (Å²) in [5.74, 6) is -0.916. The summed E-state index contributed by atoms with van der Waals surface area (Å²) in [4.78, 5) is 26.2. The number of likely N-dealkylation sites (tertiary alicyclic amines) is 1. The van der Waals surface area contributed by atoms with Gasteiger partial charge in [0, 0.05) is 36.7 Å². The molecule has 1 aliphatic rings. The van der Waals surface area contributed by atoms with E-state index in [1.807, 2.05) is 0 Å². The highest BCUT2D eigenvalue weighted by atomic mass is 19.4. The van der Waals surface area contributed by atoms with Gasteiger partial charge in [0.2, 0.25) is 0 Å². The molecule has 184 valence electrons. The number of anilines is 2. The molecule has 0 saturated carbocycles. The molecular weight excluding hydrogens is 463 g/mol. The molecule has 1 atom stereocenters. The summed E-state index contributed by atoms with van der Waals surface area (Å²) in [7, 11) is 0. The average Bonchev–Trinajstić information content (AvgIpc) is 3.49. The van der Waals surface area contributed by atoms with Crippen LogP contribution < -0.4 is 10.6 Å². The van der Waals surface area contributed by atoms with Gasteiger partial charge < -0.3 is 20.3 Å². The summed E-state index contributed by atoms with van der Waals surface area (Å²) in [6, 6.07) is 14.9. The van der Waals surface area contributed by atoms with Crippen molar-refractivity contribution in [1.82, 2.24) is 14.7 Å². The molecule has 8 nitrogen and oxygen atoms in total. The first-order valence-electron chi connectivity index (χ1n) is 11.1. The molecule has 0 radical (unpaired) electrons. The molecule has 1 aromatic heterocycles. The lowest BCUT2D eigenvalue weighted by Gasteiger charge is -2.17. The zero-order valence-corrected chi connectivity index (χ0v) is 18.9. The predicted molar refractivity (Wildman–Crippen MR) is 124 cm³/mol. The van der Waals surface area contributed by atoms with E-state index in [0.29, 0.717) is 31.1 Å². The van der Waals surface area contributed by atoms with Gasteiger partial charge in [0.15, 0.2) is 5.69 Å². The molecular formula is C24H24F3N5O3. The van der Waals surface area contributed by atoms with Gasteiger partial charge in [-0.25, -0.2) is 9.48 Å². The van der Waals surface area contributed by atoms with Crippen LogP contribution in [-0.2, 0) is 10.9 Å². The third-order valence-corrected chi connectivity index (χ3v) is 5.48. The van der Waals surface area contributed by atoms with E-state index >= 15 is 0 Å². The first-order chi connectivity index (χ1) is 16.7. The van der Waals surface area contributed by atoms with Crippen LogP contribution in [0.1, 0.15) is 29.4 Å². The SMILES string of the molecule is CCOC(=O)N1CCC(Nc2ccc(NC(=O)c3cn(-c4ccccc4)nc3C(F)(F)F)cc2)C1. The number of amides is 2. The summed E-state index contributed by atoms with van der Waals surface area (Å²) in [6.07, 6.45) is -3.32. The Morgan fingerprint density at radius 2 is 1.77 bits per heavy atom. The Morgan fingerprint density at radius 1 is 1.09 bits per heavy atom. The molecule has 35 heavy (non-hydrogen) atoms. The Balaban J connectivity index is 1.42. The largest absolute Gasteiger partial charge is 0.450 e. The standard InChI is InChI=1S/C24H24F3N5O3/c1-2-35-23(34)31-13-12-18(14-31)28-16-8-10-17(11-9-16)29-22(33)20-15-32(19-6-4-3-5-7-19)30-21(20)24(25,26)27/h3-11,15,18,28H,2,12-14H2,1H3,(H,29,33). The van der Waals surface area contributed by atoms with Crippen LogP contribution >= 0.6 is 0 Å². The fourth-order valence-corrected chi connectivity index (χ4v) is 3.81. The minimum Gasteiger partial charge on any atom is -0.450 e. The molecule has 0 bridgehead atoms. The molecule has 1 saturated heterocycles. The molecule has 4 rings (SSSR count). The van der Waals surface area contributed by atoms with E-state index in [9.17, 15) is 22.8 Å². The second kappa shape index (κ2) is 10.1. The van der Waals surface area contributed by atoms with Gasteiger partial charge in [-0.3, -0.25) is 4.79 Å². The van der Waals surface area contributed by atoms with Crippen molar-refractivity contribution < 1.29 is 27.5 Å². The predicted octanol–water partition coefficient (Wildman–Crippen LogP) is 4.79. The molecule has 2 N–H and O–H groups in total. The zero-order chi connectivity index (χ0) is 25.0. The van der Waals surface area contributed by atoms with E-state index in [1.54, 1.807) is 66.4 Å². The highest BCUT2D eigenvalue weighted by Crippen LogP contribution is 2.32. The smallest absolute Gasteiger partial charge is 0.435 e. The lowest BCUT2D eigenvalue weighted by molar-refractivity contribution is -0.141. The Bertz CT molecular complexity index is 1180. The number of rotatable bonds is 6. The van der Waals surface area contributed by atoms with Crippen molar-refractivity contribution in [2.45, 2.75) is 25.6 Å². The number of halogens is 3. The Labute approximate surface area is 199 Å². The van der Waals surface area contributed by atoms with E-state index in [1.165, 1.54) is 0 Å². The first-order valence-corrected chi connectivity index (χ1v) is 11.1. The van der Waals surface area contributed by atoms with Crippen LogP contribution in [0.25, 0.3) is 5.69 Å². The summed E-state index contributed by atoms with van der Waals surface area (Å²) >= 11 is 0. The second-order valence-electron chi connectivity index (χ2n) is 7.98. The van der Waals surface area contributed by atoms with Crippen LogP contribution in [-0.4, -0.2) is 52.4 Å². The number of ether oxygens (including phenoxy) is 1. The van der Waals surface area contributed by atoms with Crippen LogP contribution in [0.2, 0.25) is 0 Å². The van der Waals surface area contributed by atoms with Crippen molar-refractivity contribution in [3.05, 3.63) is 72.1 Å². The quantitative estimate of drug-likeness (QED) is 0.522. The number of aromatic nitrogens is 2. The lowest BCUT2D eigenvalue weighted by atomic mass is 10.2. The van der Waals surface area contributed by atoms with Crippen LogP contribution in [0.3, 0.4) is 0 Å². The summed E-state index contributed by atoms with van der Waals surface area (Å²) in [5, 5.41) is 9.41. The number of nitrogens with one attached hydrogen (secondary N) is 2. The fraction of sp³-hybridized carbons (Fsp3) is 0.292. The number of carbonyl (C=O) groups excluding carboxylic acids is 2. The number of carbonyl (C=O) groups is 2. The van der Waals surface area contributed by atoms with Gasteiger partial charge in [-0.2, -0.15) is 18.3 Å². The number of benzene rings is 2. The highest BCUT2D eigenvalue weighted by molar-refractivity contribution is 6.05. The summed E-state index contributed by atoms with van der Waals surface area (Å²) in [6.45, 7) is 3.16. The number of hydrogen-bond acceptors (Lipinski definition) is 5.